The Morgan fingerprint density at radius 2 is 1.79 bits per heavy atom. The van der Waals surface area contributed by atoms with Crippen LogP contribution in [0.15, 0.2) is 49.0 Å². The van der Waals surface area contributed by atoms with Crippen molar-refractivity contribution >= 4 is 17.3 Å². The number of benzene rings is 2. The highest BCUT2D eigenvalue weighted by atomic mass is 16.2. The van der Waals surface area contributed by atoms with Crippen LogP contribution in [-0.4, -0.2) is 23.9 Å². The molecular weight excluding hydrogens is 358 g/mol. The summed E-state index contributed by atoms with van der Waals surface area (Å²) in [5.41, 5.74) is 6.09. The summed E-state index contributed by atoms with van der Waals surface area (Å²) in [4.78, 5) is 14.5. The van der Waals surface area contributed by atoms with E-state index in [1.165, 1.54) is 5.56 Å². The first-order valence-corrected chi connectivity index (χ1v) is 10.4. The van der Waals surface area contributed by atoms with Gasteiger partial charge in [-0.25, -0.2) is 0 Å². The molecule has 1 aliphatic carbocycles. The lowest BCUT2D eigenvalue weighted by atomic mass is 9.88. The van der Waals surface area contributed by atoms with Crippen LogP contribution in [0.25, 0.3) is 5.70 Å². The Hall–Kier alpha value is -3.06. The fourth-order valence-corrected chi connectivity index (χ4v) is 4.01. The maximum Gasteiger partial charge on any atom is 0.227 e. The molecule has 2 aliphatic rings. The summed E-state index contributed by atoms with van der Waals surface area (Å²) in [5, 5.41) is 12.1. The van der Waals surface area contributed by atoms with Crippen LogP contribution in [0.4, 0.5) is 5.69 Å². The number of carbonyl (C=O) groups is 1. The number of carbonyl (C=O) groups excluding carboxylic acids is 1. The summed E-state index contributed by atoms with van der Waals surface area (Å²) in [6.07, 6.45) is 4.15. The van der Waals surface area contributed by atoms with Crippen LogP contribution in [0.1, 0.15) is 53.9 Å². The minimum absolute atomic E-state index is 0.138. The van der Waals surface area contributed by atoms with Gasteiger partial charge in [-0.3, -0.25) is 4.79 Å². The average molecular weight is 386 g/mol. The molecule has 0 bridgehead atoms. The Bertz CT molecular complexity index is 959. The number of amides is 1. The molecule has 1 saturated heterocycles. The van der Waals surface area contributed by atoms with Gasteiger partial charge >= 0.3 is 0 Å². The van der Waals surface area contributed by atoms with Gasteiger partial charge in [-0.15, -0.1) is 0 Å². The zero-order valence-electron chi connectivity index (χ0n) is 16.9. The Morgan fingerprint density at radius 1 is 1.10 bits per heavy atom. The summed E-state index contributed by atoms with van der Waals surface area (Å²) in [6, 6.07) is 16.4. The second-order valence-electron chi connectivity index (χ2n) is 8.24. The molecule has 0 radical (unpaired) electrons. The molecule has 2 aromatic carbocycles. The number of anilines is 1. The molecule has 4 heteroatoms. The molecule has 1 N–H and O–H groups in total. The highest BCUT2D eigenvalue weighted by molar-refractivity contribution is 5.95. The van der Waals surface area contributed by atoms with Gasteiger partial charge in [0.1, 0.15) is 0 Å². The molecule has 4 rings (SSSR count). The standard InChI is InChI=1S/C25H27N3O/c1-17-3-6-23(15-24(17)27-25(29)22-9-10-22)18(2)28-13-11-21(12-14-28)20-7-4-19(16-26)5-8-20/h3-8,15,21-22H,2,9-14H2,1H3,(H,27,29). The van der Waals surface area contributed by atoms with E-state index in [1.54, 1.807) is 0 Å². The first-order valence-electron chi connectivity index (χ1n) is 10.4. The molecule has 1 heterocycles. The number of rotatable bonds is 5. The summed E-state index contributed by atoms with van der Waals surface area (Å²) in [7, 11) is 0. The zero-order valence-corrected chi connectivity index (χ0v) is 16.9. The second-order valence-corrected chi connectivity index (χ2v) is 8.24. The van der Waals surface area contributed by atoms with E-state index in [9.17, 15) is 4.79 Å². The molecular formula is C25H27N3O. The van der Waals surface area contributed by atoms with E-state index in [0.717, 1.165) is 61.3 Å². The van der Waals surface area contributed by atoms with Crippen molar-refractivity contribution in [3.63, 3.8) is 0 Å². The van der Waals surface area contributed by atoms with Gasteiger partial charge in [-0.2, -0.15) is 5.26 Å². The molecule has 0 unspecified atom stereocenters. The van der Waals surface area contributed by atoms with Crippen LogP contribution in [0.5, 0.6) is 0 Å². The molecule has 0 spiro atoms. The monoisotopic (exact) mass is 385 g/mol. The van der Waals surface area contributed by atoms with Crippen LogP contribution >= 0.6 is 0 Å². The molecule has 4 nitrogen and oxygen atoms in total. The molecule has 2 fully saturated rings. The van der Waals surface area contributed by atoms with E-state index in [1.807, 2.05) is 19.1 Å². The van der Waals surface area contributed by atoms with E-state index in [2.05, 4.69) is 53.2 Å². The normalized spacial score (nSPS) is 16.9. The summed E-state index contributed by atoms with van der Waals surface area (Å²) >= 11 is 0. The van der Waals surface area contributed by atoms with Gasteiger partial charge in [-0.1, -0.05) is 30.8 Å². The van der Waals surface area contributed by atoms with Crippen molar-refractivity contribution in [1.82, 2.24) is 4.90 Å². The number of likely N-dealkylation sites (tertiary alicyclic amines) is 1. The highest BCUT2D eigenvalue weighted by Crippen LogP contribution is 2.34. The number of nitrogens with zero attached hydrogens (tertiary/aromatic N) is 2. The molecule has 1 aliphatic heterocycles. The molecule has 29 heavy (non-hydrogen) atoms. The van der Waals surface area contributed by atoms with Crippen molar-refractivity contribution in [2.45, 2.75) is 38.5 Å². The Balaban J connectivity index is 1.40. The lowest BCUT2D eigenvalue weighted by molar-refractivity contribution is -0.117. The highest BCUT2D eigenvalue weighted by Gasteiger charge is 2.30. The molecule has 0 atom stereocenters. The fraction of sp³-hybridized carbons (Fsp3) is 0.360. The third-order valence-electron chi connectivity index (χ3n) is 6.16. The van der Waals surface area contributed by atoms with E-state index < -0.39 is 0 Å². The van der Waals surface area contributed by atoms with Crippen molar-refractivity contribution in [1.29, 1.82) is 5.26 Å². The van der Waals surface area contributed by atoms with Crippen molar-refractivity contribution in [3.05, 3.63) is 71.3 Å². The number of hydrogen-bond donors (Lipinski definition) is 1. The van der Waals surface area contributed by atoms with Gasteiger partial charge in [0.15, 0.2) is 0 Å². The summed E-state index contributed by atoms with van der Waals surface area (Å²) < 4.78 is 0. The van der Waals surface area contributed by atoms with Crippen LogP contribution in [0.3, 0.4) is 0 Å². The van der Waals surface area contributed by atoms with Crippen molar-refractivity contribution < 1.29 is 4.79 Å². The Morgan fingerprint density at radius 3 is 2.41 bits per heavy atom. The minimum Gasteiger partial charge on any atom is -0.371 e. The SMILES string of the molecule is C=C(c1ccc(C)c(NC(=O)C2CC2)c1)N1CCC(c2ccc(C#N)cc2)CC1. The second kappa shape index (κ2) is 8.13. The zero-order chi connectivity index (χ0) is 20.4. The first-order chi connectivity index (χ1) is 14.0. The Kier molecular flexibility index (Phi) is 5.40. The molecule has 2 aromatic rings. The van der Waals surface area contributed by atoms with E-state index in [4.69, 9.17) is 5.26 Å². The van der Waals surface area contributed by atoms with Gasteiger partial charge in [0.2, 0.25) is 5.91 Å². The largest absolute Gasteiger partial charge is 0.371 e. The van der Waals surface area contributed by atoms with E-state index in [0.29, 0.717) is 11.5 Å². The lowest BCUT2D eigenvalue weighted by Crippen LogP contribution is -2.31. The predicted octanol–water partition coefficient (Wildman–Crippen LogP) is 5.07. The third-order valence-corrected chi connectivity index (χ3v) is 6.16. The van der Waals surface area contributed by atoms with Gasteiger partial charge in [0.25, 0.3) is 0 Å². The first kappa shape index (κ1) is 19.3. The number of nitriles is 1. The topological polar surface area (TPSA) is 56.1 Å². The summed E-state index contributed by atoms with van der Waals surface area (Å²) in [5.74, 6) is 0.861. The predicted molar refractivity (Wildman–Crippen MR) is 116 cm³/mol. The van der Waals surface area contributed by atoms with Gasteiger partial charge in [-0.05, 0) is 73.4 Å². The number of nitrogens with one attached hydrogen (secondary N) is 1. The molecule has 1 amide bonds. The maximum atomic E-state index is 12.2. The molecule has 148 valence electrons. The van der Waals surface area contributed by atoms with Crippen LogP contribution < -0.4 is 5.32 Å². The molecule has 0 aromatic heterocycles. The quantitative estimate of drug-likeness (QED) is 0.782. The van der Waals surface area contributed by atoms with Crippen LogP contribution in [0.2, 0.25) is 0 Å². The smallest absolute Gasteiger partial charge is 0.227 e. The minimum atomic E-state index is 0.138. The third kappa shape index (κ3) is 4.35. The van der Waals surface area contributed by atoms with Gasteiger partial charge in [0, 0.05) is 30.4 Å². The summed E-state index contributed by atoms with van der Waals surface area (Å²) in [6.45, 7) is 8.29. The van der Waals surface area contributed by atoms with E-state index in [-0.39, 0.29) is 11.8 Å². The lowest BCUT2D eigenvalue weighted by Gasteiger charge is -2.35. The van der Waals surface area contributed by atoms with Crippen LogP contribution in [0, 0.1) is 24.2 Å². The fourth-order valence-electron chi connectivity index (χ4n) is 4.01. The average Bonchev–Trinajstić information content (AvgIpc) is 3.60. The van der Waals surface area contributed by atoms with Crippen molar-refractivity contribution in [3.8, 4) is 6.07 Å². The van der Waals surface area contributed by atoms with Crippen molar-refractivity contribution in [2.75, 3.05) is 18.4 Å². The number of aryl methyl sites for hydroxylation is 1. The van der Waals surface area contributed by atoms with Crippen molar-refractivity contribution in [2.24, 2.45) is 5.92 Å². The van der Waals surface area contributed by atoms with Gasteiger partial charge in [0.05, 0.1) is 11.6 Å². The Labute approximate surface area is 172 Å². The van der Waals surface area contributed by atoms with E-state index >= 15 is 0 Å². The molecule has 1 saturated carbocycles. The van der Waals surface area contributed by atoms with Gasteiger partial charge < -0.3 is 10.2 Å². The maximum absolute atomic E-state index is 12.2. The van der Waals surface area contributed by atoms with Crippen LogP contribution in [-0.2, 0) is 4.79 Å². The number of piperidine rings is 1. The number of hydrogen-bond acceptors (Lipinski definition) is 3.